The first-order chi connectivity index (χ1) is 16.9. The number of amides is 1. The summed E-state index contributed by atoms with van der Waals surface area (Å²) in [6, 6.07) is 10.3. The molecule has 2 aromatic rings. The topological polar surface area (TPSA) is 82.5 Å². The summed E-state index contributed by atoms with van der Waals surface area (Å²) in [4.78, 5) is 17.0. The molecule has 9 heteroatoms. The number of benzene rings is 2. The number of carbonyl (C=O) groups excluding carboxylic acids is 1. The summed E-state index contributed by atoms with van der Waals surface area (Å²) in [5.74, 6) is 2.99. The number of fused-ring (bicyclic) bond motifs is 1. The predicted molar refractivity (Wildman–Crippen MR) is 137 cm³/mol. The smallest absolute Gasteiger partial charge is 0.257 e. The Bertz CT molecular complexity index is 1070. The lowest BCUT2D eigenvalue weighted by Crippen LogP contribution is -2.49. The summed E-state index contributed by atoms with van der Waals surface area (Å²) >= 11 is 7.98. The highest BCUT2D eigenvalue weighted by molar-refractivity contribution is 7.99. The van der Waals surface area contributed by atoms with E-state index in [9.17, 15) is 15.0 Å². The number of hydrogen-bond donors (Lipinski definition) is 2. The molecule has 3 heterocycles. The molecule has 1 amide bonds. The molecule has 5 rings (SSSR count). The average molecular weight is 519 g/mol. The van der Waals surface area contributed by atoms with Gasteiger partial charge >= 0.3 is 0 Å². The zero-order valence-electron chi connectivity index (χ0n) is 19.6. The van der Waals surface area contributed by atoms with Gasteiger partial charge in [0.05, 0.1) is 5.56 Å². The van der Waals surface area contributed by atoms with Crippen LogP contribution in [0.25, 0.3) is 0 Å². The van der Waals surface area contributed by atoms with Gasteiger partial charge in [-0.15, -0.1) is 0 Å². The van der Waals surface area contributed by atoms with Crippen molar-refractivity contribution in [1.29, 1.82) is 0 Å². The van der Waals surface area contributed by atoms with Gasteiger partial charge in [0, 0.05) is 74.6 Å². The molecule has 2 saturated heterocycles. The molecule has 2 fully saturated rings. The number of carbonyl (C=O) groups is 1. The maximum Gasteiger partial charge on any atom is 0.257 e. The molecule has 2 aromatic carbocycles. The van der Waals surface area contributed by atoms with Crippen LogP contribution in [0, 0.1) is 0 Å². The SMILES string of the molecule is O=C(c1ccc(O)cc1OC[C@H](O)CN1CCC2(CC1)Cc1cc(Cl)ccc1O2)N1CCSCC1. The van der Waals surface area contributed by atoms with Crippen molar-refractivity contribution in [2.45, 2.75) is 31.0 Å². The third kappa shape index (κ3) is 5.66. The van der Waals surface area contributed by atoms with Crippen LogP contribution in [0.5, 0.6) is 17.2 Å². The molecular formula is C26H31ClN2O5S. The van der Waals surface area contributed by atoms with Crippen molar-refractivity contribution in [1.82, 2.24) is 9.80 Å². The molecule has 0 unspecified atom stereocenters. The lowest BCUT2D eigenvalue weighted by molar-refractivity contribution is -0.00202. The second-order valence-corrected chi connectivity index (χ2v) is 11.2. The highest BCUT2D eigenvalue weighted by atomic mass is 35.5. The van der Waals surface area contributed by atoms with E-state index in [0.717, 1.165) is 54.6 Å². The molecule has 0 aliphatic carbocycles. The summed E-state index contributed by atoms with van der Waals surface area (Å²) < 4.78 is 12.2. The van der Waals surface area contributed by atoms with Crippen LogP contribution in [0.4, 0.5) is 0 Å². The van der Waals surface area contributed by atoms with Gasteiger partial charge in [0.25, 0.3) is 5.91 Å². The number of likely N-dealkylation sites (tertiary alicyclic amines) is 1. The number of aliphatic hydroxyl groups is 1. The summed E-state index contributed by atoms with van der Waals surface area (Å²) in [6.07, 6.45) is 1.91. The number of hydrogen-bond acceptors (Lipinski definition) is 7. The van der Waals surface area contributed by atoms with Crippen LogP contribution in [0.3, 0.4) is 0 Å². The molecule has 1 atom stereocenters. The summed E-state index contributed by atoms with van der Waals surface area (Å²) in [5, 5.41) is 21.3. The fourth-order valence-electron chi connectivity index (χ4n) is 5.10. The second-order valence-electron chi connectivity index (χ2n) is 9.56. The van der Waals surface area contributed by atoms with Gasteiger partial charge in [-0.3, -0.25) is 4.79 Å². The average Bonchev–Trinajstić information content (AvgIpc) is 3.21. The molecular weight excluding hydrogens is 488 g/mol. The standard InChI is InChI=1S/C26H31ClN2O5S/c27-19-1-4-23-18(13-19)15-26(34-23)5-7-28(8-6-26)16-21(31)17-33-24-14-20(30)2-3-22(24)25(32)29-9-11-35-12-10-29/h1-4,13-14,21,30-31H,5-12,15-17H2/t21-/m1/s1. The van der Waals surface area contributed by atoms with Crippen LogP contribution < -0.4 is 9.47 Å². The van der Waals surface area contributed by atoms with Crippen LogP contribution >= 0.6 is 23.4 Å². The molecule has 2 N–H and O–H groups in total. The highest BCUT2D eigenvalue weighted by Crippen LogP contribution is 2.42. The molecule has 35 heavy (non-hydrogen) atoms. The number of aliphatic hydroxyl groups excluding tert-OH is 1. The third-order valence-electron chi connectivity index (χ3n) is 7.02. The van der Waals surface area contributed by atoms with Crippen molar-refractivity contribution in [3.8, 4) is 17.2 Å². The van der Waals surface area contributed by atoms with Crippen molar-refractivity contribution in [3.63, 3.8) is 0 Å². The minimum absolute atomic E-state index is 0.0282. The number of piperidine rings is 1. The Morgan fingerprint density at radius 3 is 2.69 bits per heavy atom. The van der Waals surface area contributed by atoms with Gasteiger partial charge in [0.15, 0.2) is 0 Å². The number of phenols is 1. The molecule has 0 bridgehead atoms. The Morgan fingerprint density at radius 2 is 1.91 bits per heavy atom. The Balaban J connectivity index is 1.13. The first-order valence-electron chi connectivity index (χ1n) is 12.1. The van der Waals surface area contributed by atoms with E-state index in [1.807, 2.05) is 34.9 Å². The number of phenolic OH excluding ortho intramolecular Hbond substituents is 1. The van der Waals surface area contributed by atoms with Gasteiger partial charge in [-0.1, -0.05) is 11.6 Å². The Morgan fingerprint density at radius 1 is 1.14 bits per heavy atom. The molecule has 0 aromatic heterocycles. The molecule has 3 aliphatic heterocycles. The molecule has 0 saturated carbocycles. The quantitative estimate of drug-likeness (QED) is 0.606. The van der Waals surface area contributed by atoms with Crippen LogP contribution in [0.15, 0.2) is 36.4 Å². The van der Waals surface area contributed by atoms with Gasteiger partial charge < -0.3 is 29.5 Å². The van der Waals surface area contributed by atoms with Crippen molar-refractivity contribution >= 4 is 29.3 Å². The van der Waals surface area contributed by atoms with Gasteiger partial charge in [-0.2, -0.15) is 11.8 Å². The summed E-state index contributed by atoms with van der Waals surface area (Å²) in [7, 11) is 0. The minimum atomic E-state index is -0.721. The lowest BCUT2D eigenvalue weighted by atomic mass is 9.87. The van der Waals surface area contributed by atoms with Gasteiger partial charge in [-0.25, -0.2) is 0 Å². The van der Waals surface area contributed by atoms with E-state index in [1.165, 1.54) is 17.7 Å². The van der Waals surface area contributed by atoms with E-state index in [-0.39, 0.29) is 23.9 Å². The number of ether oxygens (including phenoxy) is 2. The Labute approximate surface area is 215 Å². The maximum absolute atomic E-state index is 13.0. The van der Waals surface area contributed by atoms with E-state index < -0.39 is 6.10 Å². The van der Waals surface area contributed by atoms with E-state index in [1.54, 1.807) is 6.07 Å². The van der Waals surface area contributed by atoms with E-state index in [4.69, 9.17) is 21.1 Å². The van der Waals surface area contributed by atoms with Gasteiger partial charge in [0.2, 0.25) is 0 Å². The molecule has 0 radical (unpaired) electrons. The second kappa shape index (κ2) is 10.5. The molecule has 7 nitrogen and oxygen atoms in total. The number of rotatable bonds is 6. The first kappa shape index (κ1) is 24.6. The molecule has 3 aliphatic rings. The Hall–Kier alpha value is -2.13. The number of β-amino-alcohol motifs (C(OH)–C–C–N with tert-alkyl or cyclic N) is 1. The van der Waals surface area contributed by atoms with E-state index in [2.05, 4.69) is 4.90 Å². The van der Waals surface area contributed by atoms with Crippen LogP contribution in [-0.4, -0.2) is 88.5 Å². The van der Waals surface area contributed by atoms with Crippen LogP contribution in [-0.2, 0) is 6.42 Å². The Kier molecular flexibility index (Phi) is 7.34. The van der Waals surface area contributed by atoms with Gasteiger partial charge in [-0.05, 0) is 35.9 Å². The zero-order valence-corrected chi connectivity index (χ0v) is 21.2. The van der Waals surface area contributed by atoms with E-state index >= 15 is 0 Å². The maximum atomic E-state index is 13.0. The number of nitrogens with zero attached hydrogens (tertiary/aromatic N) is 2. The predicted octanol–water partition coefficient (Wildman–Crippen LogP) is 3.44. The normalized spacial score (nSPS) is 20.3. The van der Waals surface area contributed by atoms with Crippen molar-refractivity contribution in [2.75, 3.05) is 50.8 Å². The largest absolute Gasteiger partial charge is 0.508 e. The minimum Gasteiger partial charge on any atom is -0.508 e. The summed E-state index contributed by atoms with van der Waals surface area (Å²) in [5.41, 5.74) is 1.40. The van der Waals surface area contributed by atoms with Crippen molar-refractivity contribution in [3.05, 3.63) is 52.5 Å². The van der Waals surface area contributed by atoms with Crippen LogP contribution in [0.1, 0.15) is 28.8 Å². The highest BCUT2D eigenvalue weighted by Gasteiger charge is 2.42. The number of halogens is 1. The number of thioether (sulfide) groups is 1. The van der Waals surface area contributed by atoms with Gasteiger partial charge in [0.1, 0.15) is 35.6 Å². The van der Waals surface area contributed by atoms with Crippen molar-refractivity contribution in [2.24, 2.45) is 0 Å². The van der Waals surface area contributed by atoms with E-state index in [0.29, 0.717) is 30.9 Å². The first-order valence-corrected chi connectivity index (χ1v) is 13.6. The third-order valence-corrected chi connectivity index (χ3v) is 8.20. The van der Waals surface area contributed by atoms with Crippen molar-refractivity contribution < 1.29 is 24.5 Å². The monoisotopic (exact) mass is 518 g/mol. The molecule has 1 spiro atoms. The number of aromatic hydroxyl groups is 1. The fraction of sp³-hybridized carbons (Fsp3) is 0.500. The lowest BCUT2D eigenvalue weighted by Gasteiger charge is -2.39. The fourth-order valence-corrected chi connectivity index (χ4v) is 6.20. The summed E-state index contributed by atoms with van der Waals surface area (Å²) in [6.45, 7) is 3.56. The van der Waals surface area contributed by atoms with Crippen LogP contribution in [0.2, 0.25) is 5.02 Å². The zero-order chi connectivity index (χ0) is 24.4. The molecule has 188 valence electrons.